The van der Waals surface area contributed by atoms with E-state index in [0.717, 1.165) is 30.9 Å². The Labute approximate surface area is 214 Å². The van der Waals surface area contributed by atoms with E-state index in [9.17, 15) is 30.8 Å². The zero-order valence-corrected chi connectivity index (χ0v) is 20.6. The molecule has 194 valence electrons. The van der Waals surface area contributed by atoms with Crippen LogP contribution in [0.3, 0.4) is 0 Å². The highest BCUT2D eigenvalue weighted by molar-refractivity contribution is 7.89. The van der Waals surface area contributed by atoms with E-state index in [-0.39, 0.29) is 58.2 Å². The number of hydrogen-bond acceptors (Lipinski definition) is 6. The van der Waals surface area contributed by atoms with Crippen LogP contribution in [0.5, 0.6) is 0 Å². The molecule has 1 aliphatic carbocycles. The number of alkyl halides is 3. The largest absolute Gasteiger partial charge is 0.451 e. The number of ketones is 1. The number of halogens is 5. The number of Topliss-reactive ketones (excluding diaryl/α,β-unsaturated/α-hetero) is 1. The third-order valence-corrected chi connectivity index (χ3v) is 8.84. The van der Waals surface area contributed by atoms with Gasteiger partial charge in [0, 0.05) is 37.1 Å². The summed E-state index contributed by atoms with van der Waals surface area (Å²) >= 11 is 6.25. The van der Waals surface area contributed by atoms with Gasteiger partial charge in [0.15, 0.2) is 5.78 Å². The lowest BCUT2D eigenvalue weighted by Gasteiger charge is -2.26. The SMILES string of the molecule is O=C(CCc1cc(-c2cnc(C(F)(F)F)nc2)ncc1Cl)[C@@H]1[C@H]2C[C@H]2CN1S(=O)(=O)c1ccc(F)cc1. The minimum Gasteiger partial charge on any atom is -0.298 e. The van der Waals surface area contributed by atoms with E-state index in [1.165, 1.54) is 22.6 Å². The molecule has 0 amide bonds. The molecule has 37 heavy (non-hydrogen) atoms. The van der Waals surface area contributed by atoms with Gasteiger partial charge in [-0.3, -0.25) is 9.78 Å². The molecule has 0 unspecified atom stereocenters. The molecule has 3 aromatic rings. The fourth-order valence-corrected chi connectivity index (χ4v) is 6.57. The first kappa shape index (κ1) is 25.7. The molecule has 2 aromatic heterocycles. The van der Waals surface area contributed by atoms with Gasteiger partial charge in [0.2, 0.25) is 15.8 Å². The zero-order chi connectivity index (χ0) is 26.5. The smallest absolute Gasteiger partial charge is 0.298 e. The molecular weight excluding hydrogens is 536 g/mol. The van der Waals surface area contributed by atoms with Crippen LogP contribution < -0.4 is 0 Å². The van der Waals surface area contributed by atoms with Crippen molar-refractivity contribution < 1.29 is 30.8 Å². The number of nitrogens with zero attached hydrogens (tertiary/aromatic N) is 4. The monoisotopic (exact) mass is 554 g/mol. The molecule has 1 saturated carbocycles. The first-order chi connectivity index (χ1) is 17.4. The van der Waals surface area contributed by atoms with Crippen LogP contribution in [-0.2, 0) is 27.4 Å². The topological polar surface area (TPSA) is 93.1 Å². The van der Waals surface area contributed by atoms with E-state index in [1.54, 1.807) is 6.07 Å². The Bertz CT molecular complexity index is 1450. The second-order valence-electron chi connectivity index (χ2n) is 9.05. The number of hydrogen-bond donors (Lipinski definition) is 0. The molecule has 3 heterocycles. The van der Waals surface area contributed by atoms with Crippen molar-refractivity contribution in [2.75, 3.05) is 6.54 Å². The fourth-order valence-electron chi connectivity index (χ4n) is 4.66. The number of aryl methyl sites for hydroxylation is 1. The van der Waals surface area contributed by atoms with Gasteiger partial charge in [0.25, 0.3) is 0 Å². The van der Waals surface area contributed by atoms with Gasteiger partial charge in [-0.05, 0) is 60.6 Å². The predicted molar refractivity (Wildman–Crippen MR) is 124 cm³/mol. The summed E-state index contributed by atoms with van der Waals surface area (Å²) in [5.41, 5.74) is 1.05. The van der Waals surface area contributed by atoms with Crippen molar-refractivity contribution in [1.29, 1.82) is 0 Å². The van der Waals surface area contributed by atoms with Crippen molar-refractivity contribution in [2.45, 2.75) is 36.4 Å². The van der Waals surface area contributed by atoms with Crippen LogP contribution in [0.2, 0.25) is 5.02 Å². The number of rotatable bonds is 7. The third kappa shape index (κ3) is 5.10. The van der Waals surface area contributed by atoms with Crippen LogP contribution in [0.25, 0.3) is 11.3 Å². The highest BCUT2D eigenvalue weighted by Crippen LogP contribution is 2.51. The number of piperidine rings is 1. The molecule has 13 heteroatoms. The van der Waals surface area contributed by atoms with E-state index in [2.05, 4.69) is 15.0 Å². The first-order valence-electron chi connectivity index (χ1n) is 11.3. The maximum atomic E-state index is 13.3. The maximum Gasteiger partial charge on any atom is 0.451 e. The normalized spacial score (nSPS) is 21.6. The van der Waals surface area contributed by atoms with Crippen LogP contribution in [-0.4, -0.2) is 46.0 Å². The molecule has 1 aromatic carbocycles. The minimum absolute atomic E-state index is 0.00396. The number of benzene rings is 1. The highest BCUT2D eigenvalue weighted by Gasteiger charge is 2.58. The Morgan fingerprint density at radius 2 is 1.76 bits per heavy atom. The first-order valence-corrected chi connectivity index (χ1v) is 13.1. The van der Waals surface area contributed by atoms with Crippen LogP contribution in [0.15, 0.2) is 53.8 Å². The van der Waals surface area contributed by atoms with Gasteiger partial charge in [-0.1, -0.05) is 11.6 Å². The molecule has 0 radical (unpaired) electrons. The Hall–Kier alpha value is -2.96. The van der Waals surface area contributed by atoms with Gasteiger partial charge in [-0.2, -0.15) is 17.5 Å². The van der Waals surface area contributed by atoms with E-state index in [4.69, 9.17) is 11.6 Å². The third-order valence-electron chi connectivity index (χ3n) is 6.63. The van der Waals surface area contributed by atoms with Gasteiger partial charge >= 0.3 is 6.18 Å². The van der Waals surface area contributed by atoms with Gasteiger partial charge in [0.05, 0.1) is 21.7 Å². The van der Waals surface area contributed by atoms with Crippen molar-refractivity contribution >= 4 is 27.4 Å². The quantitative estimate of drug-likeness (QED) is 0.398. The second kappa shape index (κ2) is 9.41. The molecular formula is C24H19ClF4N4O3S. The fraction of sp³-hybridized carbons (Fsp3) is 0.333. The Morgan fingerprint density at radius 3 is 2.41 bits per heavy atom. The molecule has 0 spiro atoms. The maximum absolute atomic E-state index is 13.3. The number of carbonyl (C=O) groups excluding carboxylic acids is 1. The number of carbonyl (C=O) groups is 1. The summed E-state index contributed by atoms with van der Waals surface area (Å²) < 4.78 is 79.1. The number of pyridine rings is 1. The van der Waals surface area contributed by atoms with Crippen molar-refractivity contribution in [3.63, 3.8) is 0 Å². The van der Waals surface area contributed by atoms with Gasteiger partial charge in [-0.15, -0.1) is 0 Å². The highest BCUT2D eigenvalue weighted by atomic mass is 35.5. The summed E-state index contributed by atoms with van der Waals surface area (Å²) in [6, 6.07) is 5.21. The van der Waals surface area contributed by atoms with E-state index >= 15 is 0 Å². The second-order valence-corrected chi connectivity index (χ2v) is 11.4. The Kier molecular flexibility index (Phi) is 6.53. The average Bonchev–Trinajstić information content (AvgIpc) is 3.52. The zero-order valence-electron chi connectivity index (χ0n) is 19.0. The van der Waals surface area contributed by atoms with Crippen molar-refractivity contribution in [2.24, 2.45) is 11.8 Å². The summed E-state index contributed by atoms with van der Waals surface area (Å²) in [6.45, 7) is 0.231. The molecule has 0 N–H and O–H groups in total. The van der Waals surface area contributed by atoms with Crippen LogP contribution >= 0.6 is 11.6 Å². The Balaban J connectivity index is 1.32. The van der Waals surface area contributed by atoms with Gasteiger partial charge in [-0.25, -0.2) is 22.8 Å². The van der Waals surface area contributed by atoms with Crippen molar-refractivity contribution in [3.8, 4) is 11.3 Å². The number of sulfonamides is 1. The molecule has 5 rings (SSSR count). The van der Waals surface area contributed by atoms with Crippen LogP contribution in [0, 0.1) is 17.7 Å². The molecule has 1 aliphatic heterocycles. The van der Waals surface area contributed by atoms with Crippen LogP contribution in [0.1, 0.15) is 24.2 Å². The summed E-state index contributed by atoms with van der Waals surface area (Å²) in [4.78, 5) is 24.0. The lowest BCUT2D eigenvalue weighted by molar-refractivity contribution is -0.145. The minimum atomic E-state index is -4.67. The summed E-state index contributed by atoms with van der Waals surface area (Å²) in [5, 5.41) is 0.260. The van der Waals surface area contributed by atoms with Gasteiger partial charge < -0.3 is 0 Å². The molecule has 7 nitrogen and oxygen atoms in total. The van der Waals surface area contributed by atoms with E-state index in [1.807, 2.05) is 0 Å². The summed E-state index contributed by atoms with van der Waals surface area (Å²) in [6.07, 6.45) is -0.401. The van der Waals surface area contributed by atoms with E-state index in [0.29, 0.717) is 5.56 Å². The molecule has 3 atom stereocenters. The standard InChI is InChI=1S/C24H19ClF4N4O3S/c25-19-11-30-20(15-9-31-23(32-10-15)24(27,28)29)8-13(19)1-6-21(34)22-18-7-14(18)12-33(22)37(35,36)17-4-2-16(26)3-5-17/h2-5,8-11,14,18,22H,1,6-7,12H2/t14-,18-,22-/m0/s1. The summed E-state index contributed by atoms with van der Waals surface area (Å²) in [5.74, 6) is -2.04. The average molecular weight is 555 g/mol. The lowest BCUT2D eigenvalue weighted by Crippen LogP contribution is -2.43. The van der Waals surface area contributed by atoms with Crippen molar-refractivity contribution in [1.82, 2.24) is 19.3 Å². The van der Waals surface area contributed by atoms with Gasteiger partial charge in [0.1, 0.15) is 5.82 Å². The summed E-state index contributed by atoms with van der Waals surface area (Å²) in [7, 11) is -3.98. The Morgan fingerprint density at radius 1 is 1.08 bits per heavy atom. The molecule has 1 saturated heterocycles. The van der Waals surface area contributed by atoms with E-state index < -0.39 is 33.9 Å². The number of fused-ring (bicyclic) bond motifs is 1. The lowest BCUT2D eigenvalue weighted by atomic mass is 10.0. The van der Waals surface area contributed by atoms with Crippen LogP contribution in [0.4, 0.5) is 17.6 Å². The number of aromatic nitrogens is 3. The molecule has 0 bridgehead atoms. The van der Waals surface area contributed by atoms with Crippen molar-refractivity contribution in [3.05, 3.63) is 71.2 Å². The predicted octanol–water partition coefficient (Wildman–Crippen LogP) is 4.56. The molecule has 2 aliphatic rings. The molecule has 2 fully saturated rings.